The first-order valence-corrected chi connectivity index (χ1v) is 6.73. The van der Waals surface area contributed by atoms with E-state index in [9.17, 15) is 13.2 Å². The van der Waals surface area contributed by atoms with Crippen molar-refractivity contribution in [3.8, 4) is 0 Å². The molecule has 4 heteroatoms. The van der Waals surface area contributed by atoms with Crippen molar-refractivity contribution >= 4 is 0 Å². The van der Waals surface area contributed by atoms with Crippen molar-refractivity contribution in [1.29, 1.82) is 0 Å². The molecule has 1 atom stereocenters. The van der Waals surface area contributed by atoms with E-state index in [2.05, 4.69) is 24.4 Å². The minimum Gasteiger partial charge on any atom is -0.311 e. The van der Waals surface area contributed by atoms with Crippen LogP contribution in [0.5, 0.6) is 0 Å². The first kappa shape index (κ1) is 14.4. The normalized spacial score (nSPS) is 24.9. The molecule has 0 aromatic heterocycles. The van der Waals surface area contributed by atoms with Crippen molar-refractivity contribution in [1.82, 2.24) is 5.32 Å². The van der Waals surface area contributed by atoms with Gasteiger partial charge in [0.2, 0.25) is 0 Å². The van der Waals surface area contributed by atoms with Crippen molar-refractivity contribution < 1.29 is 13.2 Å². The van der Waals surface area contributed by atoms with E-state index in [1.54, 1.807) is 6.92 Å². The van der Waals surface area contributed by atoms with Gasteiger partial charge in [0.15, 0.2) is 0 Å². The van der Waals surface area contributed by atoms with Gasteiger partial charge in [0.05, 0.1) is 6.42 Å². The van der Waals surface area contributed by atoms with Crippen LogP contribution in [0.1, 0.15) is 43.2 Å². The van der Waals surface area contributed by atoms with Gasteiger partial charge in [-0.2, -0.15) is 13.2 Å². The van der Waals surface area contributed by atoms with Crippen molar-refractivity contribution in [3.05, 3.63) is 35.4 Å². The Morgan fingerprint density at radius 2 is 1.89 bits per heavy atom. The summed E-state index contributed by atoms with van der Waals surface area (Å²) in [6.45, 7) is 3.69. The van der Waals surface area contributed by atoms with Gasteiger partial charge >= 0.3 is 6.18 Å². The maximum absolute atomic E-state index is 12.2. The Morgan fingerprint density at radius 3 is 2.47 bits per heavy atom. The third-order valence-corrected chi connectivity index (χ3v) is 3.82. The van der Waals surface area contributed by atoms with E-state index in [1.807, 2.05) is 12.1 Å². The number of rotatable bonds is 4. The average Bonchev–Trinajstić information content (AvgIpc) is 2.22. The quantitative estimate of drug-likeness (QED) is 0.866. The molecule has 1 N–H and O–H groups in total. The fourth-order valence-corrected chi connectivity index (χ4v) is 2.86. The Bertz CT molecular complexity index is 422. The third-order valence-electron chi connectivity index (χ3n) is 3.82. The van der Waals surface area contributed by atoms with Gasteiger partial charge in [0.25, 0.3) is 0 Å². The topological polar surface area (TPSA) is 12.0 Å². The first-order chi connectivity index (χ1) is 8.85. The van der Waals surface area contributed by atoms with Gasteiger partial charge in [-0.15, -0.1) is 0 Å². The van der Waals surface area contributed by atoms with Crippen LogP contribution in [0.3, 0.4) is 0 Å². The SMILES string of the molecule is Cc1ccccc1C1CC(NC(C)CC(F)(F)F)C1. The van der Waals surface area contributed by atoms with Crippen molar-refractivity contribution in [3.63, 3.8) is 0 Å². The molecular formula is C15H20F3N. The van der Waals surface area contributed by atoms with Gasteiger partial charge in [0.1, 0.15) is 0 Å². The van der Waals surface area contributed by atoms with E-state index in [4.69, 9.17) is 0 Å². The molecule has 1 fully saturated rings. The van der Waals surface area contributed by atoms with Crippen LogP contribution in [0.15, 0.2) is 24.3 Å². The van der Waals surface area contributed by atoms with Gasteiger partial charge in [-0.25, -0.2) is 0 Å². The van der Waals surface area contributed by atoms with E-state index in [-0.39, 0.29) is 6.04 Å². The highest BCUT2D eigenvalue weighted by Gasteiger charge is 2.35. The summed E-state index contributed by atoms with van der Waals surface area (Å²) in [7, 11) is 0. The van der Waals surface area contributed by atoms with Crippen molar-refractivity contribution in [2.24, 2.45) is 0 Å². The van der Waals surface area contributed by atoms with Crippen LogP contribution in [0.4, 0.5) is 13.2 Å². The zero-order valence-corrected chi connectivity index (χ0v) is 11.3. The predicted octanol–water partition coefficient (Wildman–Crippen LogP) is 4.17. The molecule has 19 heavy (non-hydrogen) atoms. The van der Waals surface area contributed by atoms with Crippen molar-refractivity contribution in [2.45, 2.75) is 57.3 Å². The maximum atomic E-state index is 12.2. The lowest BCUT2D eigenvalue weighted by Crippen LogP contribution is -2.45. The largest absolute Gasteiger partial charge is 0.390 e. The molecule has 2 rings (SSSR count). The molecule has 1 aliphatic carbocycles. The standard InChI is InChI=1S/C15H20F3N/c1-10-5-3-4-6-14(10)12-7-13(8-12)19-11(2)9-15(16,17)18/h3-6,11-13,19H,7-9H2,1-2H3. The van der Waals surface area contributed by atoms with E-state index >= 15 is 0 Å². The van der Waals surface area contributed by atoms with E-state index in [0.717, 1.165) is 12.8 Å². The van der Waals surface area contributed by atoms with E-state index < -0.39 is 18.6 Å². The molecule has 0 radical (unpaired) electrons. The molecule has 1 aromatic rings. The van der Waals surface area contributed by atoms with E-state index in [1.165, 1.54) is 11.1 Å². The summed E-state index contributed by atoms with van der Waals surface area (Å²) in [4.78, 5) is 0. The molecule has 0 saturated heterocycles. The summed E-state index contributed by atoms with van der Waals surface area (Å²) < 4.78 is 36.7. The molecule has 1 aliphatic rings. The maximum Gasteiger partial charge on any atom is 0.390 e. The lowest BCUT2D eigenvalue weighted by Gasteiger charge is -2.39. The van der Waals surface area contributed by atoms with Crippen LogP contribution in [0.2, 0.25) is 0 Å². The average molecular weight is 271 g/mol. The predicted molar refractivity (Wildman–Crippen MR) is 70.2 cm³/mol. The van der Waals surface area contributed by atoms with Crippen LogP contribution >= 0.6 is 0 Å². The molecule has 1 aromatic carbocycles. The van der Waals surface area contributed by atoms with Crippen molar-refractivity contribution in [2.75, 3.05) is 0 Å². The second-order valence-corrected chi connectivity index (χ2v) is 5.61. The summed E-state index contributed by atoms with van der Waals surface area (Å²) in [5, 5.41) is 3.07. The molecular weight excluding hydrogens is 251 g/mol. The highest BCUT2D eigenvalue weighted by molar-refractivity contribution is 5.31. The van der Waals surface area contributed by atoms with Gasteiger partial charge < -0.3 is 5.32 Å². The van der Waals surface area contributed by atoms with Gasteiger partial charge in [-0.05, 0) is 43.7 Å². The molecule has 1 unspecified atom stereocenters. The Morgan fingerprint density at radius 1 is 1.26 bits per heavy atom. The number of aryl methyl sites for hydroxylation is 1. The van der Waals surface area contributed by atoms with E-state index in [0.29, 0.717) is 5.92 Å². The first-order valence-electron chi connectivity index (χ1n) is 6.73. The van der Waals surface area contributed by atoms with Gasteiger partial charge in [-0.1, -0.05) is 24.3 Å². The Kier molecular flexibility index (Phi) is 4.19. The van der Waals surface area contributed by atoms with Crippen LogP contribution in [-0.4, -0.2) is 18.3 Å². The molecule has 0 amide bonds. The van der Waals surface area contributed by atoms with Gasteiger partial charge in [0, 0.05) is 12.1 Å². The molecule has 0 heterocycles. The minimum absolute atomic E-state index is 0.224. The summed E-state index contributed by atoms with van der Waals surface area (Å²) in [6.07, 6.45) is -2.95. The summed E-state index contributed by atoms with van der Waals surface area (Å²) in [5.41, 5.74) is 2.61. The second-order valence-electron chi connectivity index (χ2n) is 5.61. The van der Waals surface area contributed by atoms with Gasteiger partial charge in [-0.3, -0.25) is 0 Å². The highest BCUT2D eigenvalue weighted by Crippen LogP contribution is 2.38. The van der Waals surface area contributed by atoms with Crippen LogP contribution in [0.25, 0.3) is 0 Å². The lowest BCUT2D eigenvalue weighted by atomic mass is 9.74. The lowest BCUT2D eigenvalue weighted by molar-refractivity contribution is -0.139. The number of benzene rings is 1. The fraction of sp³-hybridized carbons (Fsp3) is 0.600. The number of alkyl halides is 3. The molecule has 0 aliphatic heterocycles. The Labute approximate surface area is 112 Å². The third kappa shape index (κ3) is 3.96. The monoisotopic (exact) mass is 271 g/mol. The minimum atomic E-state index is -4.08. The highest BCUT2D eigenvalue weighted by atomic mass is 19.4. The summed E-state index contributed by atoms with van der Waals surface area (Å²) in [6, 6.07) is 7.97. The zero-order valence-electron chi connectivity index (χ0n) is 11.3. The summed E-state index contributed by atoms with van der Waals surface area (Å²) >= 11 is 0. The summed E-state index contributed by atoms with van der Waals surface area (Å²) in [5.74, 6) is 0.497. The Balaban J connectivity index is 1.79. The molecule has 1 saturated carbocycles. The van der Waals surface area contributed by atoms with Crippen LogP contribution in [-0.2, 0) is 0 Å². The fourth-order valence-electron chi connectivity index (χ4n) is 2.86. The Hall–Kier alpha value is -1.03. The molecule has 0 spiro atoms. The smallest absolute Gasteiger partial charge is 0.311 e. The number of hydrogen-bond acceptors (Lipinski definition) is 1. The molecule has 1 nitrogen and oxygen atoms in total. The molecule has 0 bridgehead atoms. The second kappa shape index (κ2) is 5.53. The number of hydrogen-bond donors (Lipinski definition) is 1. The van der Waals surface area contributed by atoms with Crippen LogP contribution in [0, 0.1) is 6.92 Å². The number of nitrogens with one attached hydrogen (secondary N) is 1. The molecule has 106 valence electrons. The zero-order chi connectivity index (χ0) is 14.0. The number of halogens is 3. The van der Waals surface area contributed by atoms with Crippen LogP contribution < -0.4 is 5.32 Å².